The summed E-state index contributed by atoms with van der Waals surface area (Å²) >= 11 is 5.04. The van der Waals surface area contributed by atoms with E-state index in [1.54, 1.807) is 11.8 Å². The number of rotatable bonds is 7. The lowest BCUT2D eigenvalue weighted by Crippen LogP contribution is -2.32. The van der Waals surface area contributed by atoms with Crippen LogP contribution in [0.1, 0.15) is 5.56 Å². The van der Waals surface area contributed by atoms with Gasteiger partial charge < -0.3 is 10.2 Å². The van der Waals surface area contributed by atoms with Crippen molar-refractivity contribution in [2.75, 3.05) is 32.9 Å². The molecule has 1 N–H and O–H groups in total. The van der Waals surface area contributed by atoms with Crippen molar-refractivity contribution in [1.82, 2.24) is 10.2 Å². The van der Waals surface area contributed by atoms with Crippen molar-refractivity contribution in [2.45, 2.75) is 5.75 Å². The minimum Gasteiger partial charge on any atom is -0.354 e. The van der Waals surface area contributed by atoms with Gasteiger partial charge in [0, 0.05) is 23.3 Å². The Morgan fingerprint density at radius 1 is 1.33 bits per heavy atom. The average molecular weight is 331 g/mol. The molecule has 1 rings (SSSR count). The first-order chi connectivity index (χ1) is 8.58. The first-order valence-corrected chi connectivity index (χ1v) is 7.76. The Morgan fingerprint density at radius 3 is 2.61 bits per heavy atom. The molecule has 100 valence electrons. The van der Waals surface area contributed by atoms with Crippen LogP contribution in [0.4, 0.5) is 0 Å². The van der Waals surface area contributed by atoms with Crippen molar-refractivity contribution in [3.05, 3.63) is 34.3 Å². The molecule has 0 aliphatic carbocycles. The molecule has 0 heterocycles. The maximum atomic E-state index is 11.5. The largest absolute Gasteiger partial charge is 0.354 e. The molecule has 0 bridgehead atoms. The van der Waals surface area contributed by atoms with Gasteiger partial charge in [-0.25, -0.2) is 0 Å². The van der Waals surface area contributed by atoms with E-state index in [2.05, 4.69) is 38.3 Å². The van der Waals surface area contributed by atoms with E-state index in [4.69, 9.17) is 0 Å². The summed E-state index contributed by atoms with van der Waals surface area (Å²) < 4.78 is 1.08. The number of halogens is 1. The number of hydrogen-bond acceptors (Lipinski definition) is 3. The SMILES string of the molecule is CN(C)CCNC(=O)CSCc1ccc(Br)cc1. The summed E-state index contributed by atoms with van der Waals surface area (Å²) in [5.74, 6) is 1.50. The number of nitrogens with zero attached hydrogens (tertiary/aromatic N) is 1. The smallest absolute Gasteiger partial charge is 0.230 e. The van der Waals surface area contributed by atoms with Gasteiger partial charge in [-0.15, -0.1) is 11.8 Å². The number of hydrogen-bond donors (Lipinski definition) is 1. The third-order valence-corrected chi connectivity index (χ3v) is 3.83. The second-order valence-electron chi connectivity index (χ2n) is 4.27. The second-order valence-corrected chi connectivity index (χ2v) is 6.17. The molecule has 0 radical (unpaired) electrons. The molecule has 0 unspecified atom stereocenters. The first kappa shape index (κ1) is 15.5. The van der Waals surface area contributed by atoms with E-state index in [0.29, 0.717) is 12.3 Å². The molecule has 0 aromatic heterocycles. The van der Waals surface area contributed by atoms with Crippen molar-refractivity contribution in [2.24, 2.45) is 0 Å². The lowest BCUT2D eigenvalue weighted by molar-refractivity contribution is -0.118. The van der Waals surface area contributed by atoms with E-state index >= 15 is 0 Å². The summed E-state index contributed by atoms with van der Waals surface area (Å²) in [6, 6.07) is 8.18. The minimum absolute atomic E-state index is 0.110. The molecule has 0 aliphatic rings. The molecular formula is C13H19BrN2OS. The maximum Gasteiger partial charge on any atom is 0.230 e. The van der Waals surface area contributed by atoms with Crippen LogP contribution in [0, 0.1) is 0 Å². The van der Waals surface area contributed by atoms with Gasteiger partial charge in [-0.05, 0) is 31.8 Å². The van der Waals surface area contributed by atoms with Gasteiger partial charge in [-0.3, -0.25) is 4.79 Å². The fourth-order valence-corrected chi connectivity index (χ4v) is 2.39. The van der Waals surface area contributed by atoms with Crippen LogP contribution in [-0.4, -0.2) is 43.7 Å². The lowest BCUT2D eigenvalue weighted by atomic mass is 10.2. The van der Waals surface area contributed by atoms with Crippen molar-refractivity contribution in [3.8, 4) is 0 Å². The summed E-state index contributed by atoms with van der Waals surface area (Å²) in [6.45, 7) is 1.59. The highest BCUT2D eigenvalue weighted by molar-refractivity contribution is 9.10. The molecule has 1 aromatic carbocycles. The number of likely N-dealkylation sites (N-methyl/N-ethyl adjacent to an activating group) is 1. The third kappa shape index (κ3) is 7.03. The molecule has 0 saturated carbocycles. The summed E-state index contributed by atoms with van der Waals surface area (Å²) in [7, 11) is 3.99. The number of carbonyl (C=O) groups is 1. The number of amides is 1. The van der Waals surface area contributed by atoms with Crippen LogP contribution in [-0.2, 0) is 10.5 Å². The summed E-state index contributed by atoms with van der Waals surface area (Å²) in [4.78, 5) is 13.6. The minimum atomic E-state index is 0.110. The van der Waals surface area contributed by atoms with Crippen molar-refractivity contribution < 1.29 is 4.79 Å². The molecule has 1 aromatic rings. The van der Waals surface area contributed by atoms with Crippen LogP contribution >= 0.6 is 27.7 Å². The number of benzene rings is 1. The molecular weight excluding hydrogens is 312 g/mol. The van der Waals surface area contributed by atoms with Gasteiger partial charge in [-0.1, -0.05) is 28.1 Å². The molecule has 5 heteroatoms. The molecule has 0 atom stereocenters. The molecule has 0 fully saturated rings. The van der Waals surface area contributed by atoms with E-state index in [9.17, 15) is 4.79 Å². The van der Waals surface area contributed by atoms with Gasteiger partial charge in [0.05, 0.1) is 5.75 Å². The Morgan fingerprint density at radius 2 is 2.00 bits per heavy atom. The fourth-order valence-electron chi connectivity index (χ4n) is 1.31. The van der Waals surface area contributed by atoms with Gasteiger partial charge in [0.25, 0.3) is 0 Å². The van der Waals surface area contributed by atoms with Crippen LogP contribution in [0.5, 0.6) is 0 Å². The average Bonchev–Trinajstić information content (AvgIpc) is 2.31. The monoisotopic (exact) mass is 330 g/mol. The molecule has 0 aliphatic heterocycles. The zero-order valence-electron chi connectivity index (χ0n) is 10.8. The number of nitrogens with one attached hydrogen (secondary N) is 1. The predicted molar refractivity (Wildman–Crippen MR) is 81.9 cm³/mol. The normalized spacial score (nSPS) is 10.7. The first-order valence-electron chi connectivity index (χ1n) is 5.81. The van der Waals surface area contributed by atoms with E-state index < -0.39 is 0 Å². The Bertz CT molecular complexity index is 368. The van der Waals surface area contributed by atoms with E-state index in [0.717, 1.165) is 16.8 Å². The van der Waals surface area contributed by atoms with Gasteiger partial charge >= 0.3 is 0 Å². The van der Waals surface area contributed by atoms with Crippen LogP contribution < -0.4 is 5.32 Å². The van der Waals surface area contributed by atoms with Crippen molar-refractivity contribution >= 4 is 33.6 Å². The Kier molecular flexibility index (Phi) is 7.39. The number of carbonyl (C=O) groups excluding carboxylic acids is 1. The molecule has 1 amide bonds. The molecule has 3 nitrogen and oxygen atoms in total. The zero-order chi connectivity index (χ0) is 13.4. The molecule has 0 spiro atoms. The highest BCUT2D eigenvalue weighted by Gasteiger charge is 2.01. The Hall–Kier alpha value is -0.520. The van der Waals surface area contributed by atoms with Crippen LogP contribution in [0.2, 0.25) is 0 Å². The van der Waals surface area contributed by atoms with E-state index in [1.807, 2.05) is 26.2 Å². The lowest BCUT2D eigenvalue weighted by Gasteiger charge is -2.10. The Balaban J connectivity index is 2.13. The quantitative estimate of drug-likeness (QED) is 0.833. The van der Waals surface area contributed by atoms with Crippen LogP contribution in [0.3, 0.4) is 0 Å². The second kappa shape index (κ2) is 8.56. The Labute approximate surface area is 121 Å². The number of thioether (sulfide) groups is 1. The summed E-state index contributed by atoms with van der Waals surface area (Å²) in [5.41, 5.74) is 1.24. The van der Waals surface area contributed by atoms with Gasteiger partial charge in [0.15, 0.2) is 0 Å². The fraction of sp³-hybridized carbons (Fsp3) is 0.462. The van der Waals surface area contributed by atoms with Crippen molar-refractivity contribution in [3.63, 3.8) is 0 Å². The van der Waals surface area contributed by atoms with Gasteiger partial charge in [0.1, 0.15) is 0 Å². The van der Waals surface area contributed by atoms with Crippen LogP contribution in [0.15, 0.2) is 28.7 Å². The van der Waals surface area contributed by atoms with Gasteiger partial charge in [0.2, 0.25) is 5.91 Å². The third-order valence-electron chi connectivity index (χ3n) is 2.30. The highest BCUT2D eigenvalue weighted by atomic mass is 79.9. The molecule has 0 saturated heterocycles. The van der Waals surface area contributed by atoms with Crippen molar-refractivity contribution in [1.29, 1.82) is 0 Å². The topological polar surface area (TPSA) is 32.3 Å². The standard InChI is InChI=1S/C13H19BrN2OS/c1-16(2)8-7-15-13(17)10-18-9-11-3-5-12(14)6-4-11/h3-6H,7-10H2,1-2H3,(H,15,17). The summed E-state index contributed by atoms with van der Waals surface area (Å²) in [6.07, 6.45) is 0. The van der Waals surface area contributed by atoms with Crippen LogP contribution in [0.25, 0.3) is 0 Å². The van der Waals surface area contributed by atoms with E-state index in [-0.39, 0.29) is 5.91 Å². The maximum absolute atomic E-state index is 11.5. The van der Waals surface area contributed by atoms with E-state index in [1.165, 1.54) is 5.56 Å². The van der Waals surface area contributed by atoms with Gasteiger partial charge in [-0.2, -0.15) is 0 Å². The highest BCUT2D eigenvalue weighted by Crippen LogP contribution is 2.15. The summed E-state index contributed by atoms with van der Waals surface area (Å²) in [5, 5.41) is 2.90. The predicted octanol–water partition coefficient (Wildman–Crippen LogP) is 2.36. The zero-order valence-corrected chi connectivity index (χ0v) is 13.2. The molecule has 18 heavy (non-hydrogen) atoms.